The molecule has 2 fully saturated rings. The Hall–Kier alpha value is -3.01. The summed E-state index contributed by atoms with van der Waals surface area (Å²) in [6.07, 6.45) is -0.0248. The molecule has 0 saturated carbocycles. The van der Waals surface area contributed by atoms with Crippen LogP contribution in [0.3, 0.4) is 0 Å². The Labute approximate surface area is 154 Å². The van der Waals surface area contributed by atoms with Crippen LogP contribution in [0.1, 0.15) is 12.5 Å². The quantitative estimate of drug-likeness (QED) is 0.453. The Morgan fingerprint density at radius 2 is 2.15 bits per heavy atom. The first-order valence-electron chi connectivity index (χ1n) is 8.69. The lowest BCUT2D eigenvalue weighted by molar-refractivity contribution is -0.384. The van der Waals surface area contributed by atoms with Crippen LogP contribution in [0.2, 0.25) is 0 Å². The number of nitro groups is 1. The molecular formula is C17H18N4O6. The molecule has 10 nitrogen and oxygen atoms in total. The maximum Gasteiger partial charge on any atom is 0.330 e. The van der Waals surface area contributed by atoms with Crippen molar-refractivity contribution in [2.75, 3.05) is 31.2 Å². The topological polar surface area (TPSA) is 122 Å². The van der Waals surface area contributed by atoms with E-state index in [1.807, 2.05) is 4.90 Å². The summed E-state index contributed by atoms with van der Waals surface area (Å²) in [6, 6.07) is 3.12. The van der Waals surface area contributed by atoms with E-state index in [9.17, 15) is 24.5 Å². The number of carbonyl (C=O) groups is 3. The van der Waals surface area contributed by atoms with Crippen molar-refractivity contribution in [1.82, 2.24) is 10.2 Å². The van der Waals surface area contributed by atoms with Gasteiger partial charge >= 0.3 is 6.03 Å². The average Bonchev–Trinajstić information content (AvgIpc) is 2.66. The lowest BCUT2D eigenvalue weighted by atomic mass is 9.68. The monoisotopic (exact) mass is 374 g/mol. The number of urea groups is 1. The summed E-state index contributed by atoms with van der Waals surface area (Å²) in [7, 11) is 0. The Bertz CT molecular complexity index is 871. The van der Waals surface area contributed by atoms with Crippen LogP contribution >= 0.6 is 0 Å². The predicted molar refractivity (Wildman–Crippen MR) is 92.1 cm³/mol. The molecule has 3 heterocycles. The lowest BCUT2D eigenvalue weighted by Gasteiger charge is -2.53. The summed E-state index contributed by atoms with van der Waals surface area (Å²) in [6.45, 7) is 2.78. The van der Waals surface area contributed by atoms with E-state index in [0.29, 0.717) is 18.7 Å². The van der Waals surface area contributed by atoms with Crippen molar-refractivity contribution in [3.05, 3.63) is 33.9 Å². The largest absolute Gasteiger partial charge is 0.377 e. The van der Waals surface area contributed by atoms with Crippen LogP contribution in [0, 0.1) is 15.5 Å². The van der Waals surface area contributed by atoms with Crippen LogP contribution in [0.4, 0.5) is 16.2 Å². The van der Waals surface area contributed by atoms with Crippen LogP contribution in [0.15, 0.2) is 18.2 Å². The second-order valence-electron chi connectivity index (χ2n) is 6.81. The average molecular weight is 374 g/mol. The number of fused-ring (bicyclic) bond motifs is 4. The SMILES string of the molecule is CCN1C(=O)NC(=O)[C@@]2(Cc3cc([N+](=O)[O-])ccc3N3CCOC[C@@H]32)C1=O. The molecule has 27 heavy (non-hydrogen) atoms. The van der Waals surface area contributed by atoms with Gasteiger partial charge in [-0.25, -0.2) is 4.79 Å². The zero-order valence-corrected chi connectivity index (χ0v) is 14.6. The standard InChI is InChI=1S/C17H18N4O6/c1-2-19-15(23)17(14(22)18-16(19)24)8-10-7-11(21(25)26)3-4-12(10)20-5-6-27-9-13(17)20/h3-4,7,13H,2,5-6,8-9H2,1H3,(H,18,22,24)/t13-,17+/m1/s1. The Kier molecular flexibility index (Phi) is 3.88. The highest BCUT2D eigenvalue weighted by Gasteiger charge is 2.62. The van der Waals surface area contributed by atoms with Crippen LogP contribution in [0.5, 0.6) is 0 Å². The van der Waals surface area contributed by atoms with Gasteiger partial charge in [-0.1, -0.05) is 0 Å². The molecule has 0 bridgehead atoms. The van der Waals surface area contributed by atoms with Gasteiger partial charge in [-0.2, -0.15) is 0 Å². The number of anilines is 1. The molecule has 0 aliphatic carbocycles. The molecule has 2 saturated heterocycles. The van der Waals surface area contributed by atoms with Crippen LogP contribution < -0.4 is 10.2 Å². The summed E-state index contributed by atoms with van der Waals surface area (Å²) < 4.78 is 5.55. The number of ether oxygens (including phenoxy) is 1. The molecule has 1 aromatic rings. The lowest BCUT2D eigenvalue weighted by Crippen LogP contribution is -2.73. The number of nitrogens with zero attached hydrogens (tertiary/aromatic N) is 3. The minimum atomic E-state index is -1.56. The van der Waals surface area contributed by atoms with Crippen molar-refractivity contribution in [2.45, 2.75) is 19.4 Å². The highest BCUT2D eigenvalue weighted by molar-refractivity contribution is 6.20. The van der Waals surface area contributed by atoms with E-state index in [4.69, 9.17) is 4.74 Å². The van der Waals surface area contributed by atoms with Crippen molar-refractivity contribution in [2.24, 2.45) is 5.41 Å². The van der Waals surface area contributed by atoms with Gasteiger partial charge in [0.05, 0.1) is 24.2 Å². The predicted octanol–water partition coefficient (Wildman–Crippen LogP) is 0.441. The third kappa shape index (κ3) is 2.33. The zero-order chi connectivity index (χ0) is 19.3. The summed E-state index contributed by atoms with van der Waals surface area (Å²) in [4.78, 5) is 51.8. The molecule has 1 spiro atoms. The number of amides is 4. The van der Waals surface area contributed by atoms with Crippen LogP contribution in [0.25, 0.3) is 0 Å². The van der Waals surface area contributed by atoms with Gasteiger partial charge in [0.25, 0.3) is 5.69 Å². The minimum Gasteiger partial charge on any atom is -0.377 e. The number of rotatable bonds is 2. The third-order valence-electron chi connectivity index (χ3n) is 5.56. The highest BCUT2D eigenvalue weighted by atomic mass is 16.6. The Morgan fingerprint density at radius 1 is 1.37 bits per heavy atom. The maximum absolute atomic E-state index is 13.3. The normalized spacial score (nSPS) is 27.3. The number of morpholine rings is 1. The van der Waals surface area contributed by atoms with Gasteiger partial charge in [-0.3, -0.25) is 29.9 Å². The van der Waals surface area contributed by atoms with Gasteiger partial charge < -0.3 is 9.64 Å². The molecule has 1 aromatic carbocycles. The third-order valence-corrected chi connectivity index (χ3v) is 5.56. The fraction of sp³-hybridized carbons (Fsp3) is 0.471. The van der Waals surface area contributed by atoms with Crippen molar-refractivity contribution in [3.63, 3.8) is 0 Å². The number of non-ortho nitro benzene ring substituents is 1. The molecule has 1 N–H and O–H groups in total. The summed E-state index contributed by atoms with van der Waals surface area (Å²) >= 11 is 0. The zero-order valence-electron chi connectivity index (χ0n) is 14.6. The maximum atomic E-state index is 13.3. The van der Waals surface area contributed by atoms with E-state index in [1.54, 1.807) is 13.0 Å². The van der Waals surface area contributed by atoms with Gasteiger partial charge in [-0.05, 0) is 18.6 Å². The van der Waals surface area contributed by atoms with Crippen LogP contribution in [-0.4, -0.2) is 60.0 Å². The van der Waals surface area contributed by atoms with Gasteiger partial charge in [0.1, 0.15) is 0 Å². The Morgan fingerprint density at radius 3 is 2.85 bits per heavy atom. The van der Waals surface area contributed by atoms with E-state index in [1.165, 1.54) is 12.1 Å². The second-order valence-corrected chi connectivity index (χ2v) is 6.81. The summed E-state index contributed by atoms with van der Waals surface area (Å²) in [5, 5.41) is 13.5. The van der Waals surface area contributed by atoms with E-state index in [-0.39, 0.29) is 25.3 Å². The first-order chi connectivity index (χ1) is 12.9. The van der Waals surface area contributed by atoms with Crippen molar-refractivity contribution in [3.8, 4) is 0 Å². The van der Waals surface area contributed by atoms with Gasteiger partial charge in [0, 0.05) is 37.3 Å². The number of imide groups is 2. The molecule has 142 valence electrons. The summed E-state index contributed by atoms with van der Waals surface area (Å²) in [5.41, 5.74) is -0.383. The molecule has 3 aliphatic rings. The van der Waals surface area contributed by atoms with Crippen molar-refractivity contribution < 1.29 is 24.0 Å². The minimum absolute atomic E-state index is 0.0248. The molecule has 3 aliphatic heterocycles. The molecule has 4 amide bonds. The molecule has 10 heteroatoms. The number of hydrogen-bond donors (Lipinski definition) is 1. The number of benzene rings is 1. The first-order valence-corrected chi connectivity index (χ1v) is 8.69. The van der Waals surface area contributed by atoms with Crippen LogP contribution in [-0.2, 0) is 20.7 Å². The molecular weight excluding hydrogens is 356 g/mol. The fourth-order valence-corrected chi connectivity index (χ4v) is 4.27. The van der Waals surface area contributed by atoms with Crippen molar-refractivity contribution in [1.29, 1.82) is 0 Å². The molecule has 4 rings (SSSR count). The Balaban J connectivity index is 1.89. The molecule has 0 radical (unpaired) electrons. The van der Waals surface area contributed by atoms with Gasteiger partial charge in [0.2, 0.25) is 11.8 Å². The van der Waals surface area contributed by atoms with E-state index < -0.39 is 34.2 Å². The summed E-state index contributed by atoms with van der Waals surface area (Å²) in [5.74, 6) is -1.27. The van der Waals surface area contributed by atoms with E-state index >= 15 is 0 Å². The molecule has 0 aromatic heterocycles. The van der Waals surface area contributed by atoms with Crippen molar-refractivity contribution >= 4 is 29.2 Å². The number of nitro benzene ring substituents is 1. The highest BCUT2D eigenvalue weighted by Crippen LogP contribution is 2.46. The smallest absolute Gasteiger partial charge is 0.330 e. The number of nitrogens with one attached hydrogen (secondary N) is 1. The van der Waals surface area contributed by atoms with Gasteiger partial charge in [0.15, 0.2) is 5.41 Å². The molecule has 2 atom stereocenters. The molecule has 0 unspecified atom stereocenters. The van der Waals surface area contributed by atoms with E-state index in [2.05, 4.69) is 5.32 Å². The second kappa shape index (κ2) is 6.02. The number of carbonyl (C=O) groups excluding carboxylic acids is 3. The first kappa shape index (κ1) is 17.4. The van der Waals surface area contributed by atoms with E-state index in [0.717, 1.165) is 10.6 Å². The number of hydrogen-bond acceptors (Lipinski definition) is 7. The number of barbiturate groups is 1. The fourth-order valence-electron chi connectivity index (χ4n) is 4.27. The van der Waals surface area contributed by atoms with Gasteiger partial charge in [-0.15, -0.1) is 0 Å².